The molecular weight excluding hydrogens is 204 g/mol. The fourth-order valence-electron chi connectivity index (χ4n) is 0.881. The van der Waals surface area contributed by atoms with Gasteiger partial charge in [0.05, 0.1) is 0 Å². The molecule has 57 valence electrons. The zero-order valence-electron chi connectivity index (χ0n) is 6.23. The van der Waals surface area contributed by atoms with Crippen molar-refractivity contribution in [2.24, 2.45) is 0 Å². The number of hydrogen-bond donors (Lipinski definition) is 0. The van der Waals surface area contributed by atoms with Gasteiger partial charge in [-0.1, -0.05) is 15.9 Å². The monoisotopic (exact) mass is 211 g/mol. The zero-order valence-corrected chi connectivity index (χ0v) is 7.81. The summed E-state index contributed by atoms with van der Waals surface area (Å²) in [5, 5.41) is 0. The maximum absolute atomic E-state index is 10.5. The first-order valence-corrected chi connectivity index (χ1v) is 4.01. The van der Waals surface area contributed by atoms with Crippen molar-refractivity contribution in [2.45, 2.75) is 6.92 Å². The molecule has 0 unspecified atom stereocenters. The van der Waals surface area contributed by atoms with E-state index >= 15 is 0 Å². The van der Waals surface area contributed by atoms with Crippen molar-refractivity contribution in [3.8, 4) is 0 Å². The van der Waals surface area contributed by atoms with Gasteiger partial charge in [0, 0.05) is 10.0 Å². The SMILES string of the molecule is [CH2]c1cc(Br)c(C)c(C=O)c1. The van der Waals surface area contributed by atoms with Crippen molar-refractivity contribution < 1.29 is 4.79 Å². The predicted molar refractivity (Wildman–Crippen MR) is 48.7 cm³/mol. The minimum atomic E-state index is 0.698. The molecule has 0 heterocycles. The van der Waals surface area contributed by atoms with Crippen LogP contribution in [0.4, 0.5) is 0 Å². The molecule has 0 fully saturated rings. The number of halogens is 1. The largest absolute Gasteiger partial charge is 0.298 e. The molecule has 11 heavy (non-hydrogen) atoms. The molecule has 0 aliphatic carbocycles. The van der Waals surface area contributed by atoms with E-state index < -0.39 is 0 Å². The average Bonchev–Trinajstić information content (AvgIpc) is 1.96. The van der Waals surface area contributed by atoms with Crippen molar-refractivity contribution in [1.82, 2.24) is 0 Å². The lowest BCUT2D eigenvalue weighted by Gasteiger charge is -2.02. The van der Waals surface area contributed by atoms with E-state index in [1.165, 1.54) is 0 Å². The van der Waals surface area contributed by atoms with Crippen LogP contribution in [0.25, 0.3) is 0 Å². The lowest BCUT2D eigenvalue weighted by Crippen LogP contribution is -1.88. The Morgan fingerprint density at radius 1 is 1.55 bits per heavy atom. The normalized spacial score (nSPS) is 9.73. The van der Waals surface area contributed by atoms with Gasteiger partial charge in [-0.05, 0) is 37.1 Å². The molecule has 0 spiro atoms. The first kappa shape index (κ1) is 8.47. The standard InChI is InChI=1S/C9H8BrO/c1-6-3-8(5-11)7(2)9(10)4-6/h3-5H,1H2,2H3. The van der Waals surface area contributed by atoms with Gasteiger partial charge in [0.2, 0.25) is 0 Å². The summed E-state index contributed by atoms with van der Waals surface area (Å²) in [6.45, 7) is 5.64. The third-order valence-electron chi connectivity index (χ3n) is 1.57. The Balaban J connectivity index is 3.35. The van der Waals surface area contributed by atoms with E-state index in [-0.39, 0.29) is 0 Å². The van der Waals surface area contributed by atoms with Crippen LogP contribution in [0.2, 0.25) is 0 Å². The lowest BCUT2D eigenvalue weighted by atomic mass is 10.1. The number of aldehydes is 1. The molecule has 1 rings (SSSR count). The highest BCUT2D eigenvalue weighted by atomic mass is 79.9. The van der Waals surface area contributed by atoms with Gasteiger partial charge in [0.25, 0.3) is 0 Å². The van der Waals surface area contributed by atoms with Crippen molar-refractivity contribution in [3.63, 3.8) is 0 Å². The van der Waals surface area contributed by atoms with Crippen LogP contribution in [0.3, 0.4) is 0 Å². The summed E-state index contributed by atoms with van der Waals surface area (Å²) in [5.74, 6) is 0. The predicted octanol–water partition coefficient (Wildman–Crippen LogP) is 2.75. The van der Waals surface area contributed by atoms with Crippen LogP contribution in [-0.2, 0) is 0 Å². The minimum Gasteiger partial charge on any atom is -0.298 e. The van der Waals surface area contributed by atoms with Crippen LogP contribution in [0, 0.1) is 13.8 Å². The first-order chi connectivity index (χ1) is 5.15. The Hall–Kier alpha value is -0.630. The van der Waals surface area contributed by atoms with Crippen molar-refractivity contribution in [3.05, 3.63) is 40.2 Å². The Labute approximate surface area is 74.6 Å². The summed E-state index contributed by atoms with van der Waals surface area (Å²) < 4.78 is 0.937. The maximum Gasteiger partial charge on any atom is 0.150 e. The fraction of sp³-hybridized carbons (Fsp3) is 0.111. The van der Waals surface area contributed by atoms with E-state index in [4.69, 9.17) is 0 Å². The van der Waals surface area contributed by atoms with E-state index in [0.29, 0.717) is 5.56 Å². The Kier molecular flexibility index (Phi) is 2.45. The summed E-state index contributed by atoms with van der Waals surface area (Å²) in [6, 6.07) is 3.66. The Morgan fingerprint density at radius 3 is 2.73 bits per heavy atom. The van der Waals surface area contributed by atoms with Gasteiger partial charge in [0.1, 0.15) is 6.29 Å². The number of carbonyl (C=O) groups is 1. The molecule has 1 aromatic rings. The van der Waals surface area contributed by atoms with E-state index in [2.05, 4.69) is 22.9 Å². The van der Waals surface area contributed by atoms with Gasteiger partial charge in [0.15, 0.2) is 0 Å². The fourth-order valence-corrected chi connectivity index (χ4v) is 1.40. The van der Waals surface area contributed by atoms with E-state index in [1.54, 1.807) is 6.07 Å². The van der Waals surface area contributed by atoms with Crippen molar-refractivity contribution in [2.75, 3.05) is 0 Å². The highest BCUT2D eigenvalue weighted by Gasteiger charge is 2.01. The van der Waals surface area contributed by atoms with Crippen molar-refractivity contribution in [1.29, 1.82) is 0 Å². The van der Waals surface area contributed by atoms with Crippen molar-refractivity contribution >= 4 is 22.2 Å². The number of benzene rings is 1. The molecule has 0 saturated carbocycles. The quantitative estimate of drug-likeness (QED) is 0.654. The summed E-state index contributed by atoms with van der Waals surface area (Å²) >= 11 is 3.34. The van der Waals surface area contributed by atoms with Gasteiger partial charge in [-0.25, -0.2) is 0 Å². The van der Waals surface area contributed by atoms with Gasteiger partial charge < -0.3 is 0 Å². The van der Waals surface area contributed by atoms with Crippen LogP contribution >= 0.6 is 15.9 Å². The zero-order chi connectivity index (χ0) is 8.43. The number of rotatable bonds is 1. The summed E-state index contributed by atoms with van der Waals surface area (Å²) in [5.41, 5.74) is 2.52. The highest BCUT2D eigenvalue weighted by Crippen LogP contribution is 2.20. The summed E-state index contributed by atoms with van der Waals surface area (Å²) in [6.07, 6.45) is 0.842. The molecule has 0 aromatic heterocycles. The molecular formula is C9H8BrO. The number of hydrogen-bond acceptors (Lipinski definition) is 1. The second-order valence-corrected chi connectivity index (χ2v) is 3.26. The smallest absolute Gasteiger partial charge is 0.150 e. The van der Waals surface area contributed by atoms with E-state index in [0.717, 1.165) is 21.9 Å². The van der Waals surface area contributed by atoms with Gasteiger partial charge in [-0.2, -0.15) is 0 Å². The van der Waals surface area contributed by atoms with Gasteiger partial charge in [-0.15, -0.1) is 0 Å². The number of carbonyl (C=O) groups excluding carboxylic acids is 1. The molecule has 0 bridgehead atoms. The van der Waals surface area contributed by atoms with Crippen LogP contribution in [0.1, 0.15) is 21.5 Å². The molecule has 0 atom stereocenters. The Bertz CT molecular complexity index is 292. The van der Waals surface area contributed by atoms with Gasteiger partial charge in [-0.3, -0.25) is 4.79 Å². The lowest BCUT2D eigenvalue weighted by molar-refractivity contribution is 0.112. The van der Waals surface area contributed by atoms with Gasteiger partial charge >= 0.3 is 0 Å². The molecule has 0 saturated heterocycles. The Morgan fingerprint density at radius 2 is 2.18 bits per heavy atom. The molecule has 0 N–H and O–H groups in total. The molecule has 2 heteroatoms. The molecule has 1 radical (unpaired) electrons. The second kappa shape index (κ2) is 3.18. The highest BCUT2D eigenvalue weighted by molar-refractivity contribution is 9.10. The average molecular weight is 212 g/mol. The summed E-state index contributed by atoms with van der Waals surface area (Å²) in [4.78, 5) is 10.5. The molecule has 0 amide bonds. The topological polar surface area (TPSA) is 17.1 Å². The molecule has 1 nitrogen and oxygen atoms in total. The molecule has 0 aliphatic heterocycles. The third kappa shape index (κ3) is 1.69. The van der Waals surface area contributed by atoms with Crippen LogP contribution in [0.5, 0.6) is 0 Å². The maximum atomic E-state index is 10.5. The third-order valence-corrected chi connectivity index (χ3v) is 2.39. The molecule has 1 aromatic carbocycles. The van der Waals surface area contributed by atoms with E-state index in [9.17, 15) is 4.79 Å². The molecule has 0 aliphatic rings. The first-order valence-electron chi connectivity index (χ1n) is 3.22. The van der Waals surface area contributed by atoms with Crippen LogP contribution < -0.4 is 0 Å². The second-order valence-electron chi connectivity index (χ2n) is 2.41. The minimum absolute atomic E-state index is 0.698. The van der Waals surface area contributed by atoms with Crippen LogP contribution in [-0.4, -0.2) is 6.29 Å². The van der Waals surface area contributed by atoms with E-state index in [1.807, 2.05) is 13.0 Å². The summed E-state index contributed by atoms with van der Waals surface area (Å²) in [7, 11) is 0. The van der Waals surface area contributed by atoms with Crippen LogP contribution in [0.15, 0.2) is 16.6 Å².